The summed E-state index contributed by atoms with van der Waals surface area (Å²) in [6.07, 6.45) is 0.816. The first-order valence-electron chi connectivity index (χ1n) is 11.7. The summed E-state index contributed by atoms with van der Waals surface area (Å²) in [5.74, 6) is 0. The van der Waals surface area contributed by atoms with Gasteiger partial charge in [-0.1, -0.05) is 48.5 Å². The van der Waals surface area contributed by atoms with E-state index in [-0.39, 0.29) is 6.10 Å². The molecule has 7 nitrogen and oxygen atoms in total. The van der Waals surface area contributed by atoms with Crippen LogP contribution in [-0.2, 0) is 16.1 Å². The number of aryl methyl sites for hydroxylation is 1. The van der Waals surface area contributed by atoms with Crippen molar-refractivity contribution in [3.63, 3.8) is 0 Å². The maximum Gasteiger partial charge on any atom is 0.106 e. The van der Waals surface area contributed by atoms with Crippen LogP contribution in [0.25, 0.3) is 0 Å². The van der Waals surface area contributed by atoms with E-state index in [1.807, 2.05) is 38.8 Å². The highest BCUT2D eigenvalue weighted by Gasteiger charge is 2.19. The van der Waals surface area contributed by atoms with Gasteiger partial charge in [0.25, 0.3) is 0 Å². The Bertz CT molecular complexity index is 722. The molecule has 2 aliphatic heterocycles. The topological polar surface area (TPSA) is 84.9 Å². The molecule has 0 bridgehead atoms. The van der Waals surface area contributed by atoms with Gasteiger partial charge < -0.3 is 30.2 Å². The molecule has 2 heterocycles. The summed E-state index contributed by atoms with van der Waals surface area (Å²) in [7, 11) is 4.09. The molecular formula is C28H46N4O3. The van der Waals surface area contributed by atoms with Crippen molar-refractivity contribution in [2.24, 2.45) is 0 Å². The zero-order valence-electron chi connectivity index (χ0n) is 21.9. The number of β-amino-alcohol motifs (C(OH)–C–C–N with tert-alkyl or cyclic N) is 1. The third-order valence-electron chi connectivity index (χ3n) is 5.25. The summed E-state index contributed by atoms with van der Waals surface area (Å²) in [6, 6.07) is 18.6. The molecule has 2 aromatic rings. The second-order valence-corrected chi connectivity index (χ2v) is 7.78. The van der Waals surface area contributed by atoms with Gasteiger partial charge in [0.05, 0.1) is 6.10 Å². The van der Waals surface area contributed by atoms with E-state index in [1.54, 1.807) is 0 Å². The molecule has 0 aromatic heterocycles. The largest absolute Gasteiger partial charge is 0.392 e. The standard InChI is InChI=1S/C11H15NO.C8H11N.C5H12N2.C2H4.2CH2O/c13-11-6-7-12(9-11)8-10-4-2-1-3-5-10;1-7-5-3-4-6-8(7)9-2;1-7-4-2-6-3-5-7;3*1-2/h1-5,11,13H,6-9H2;3-6,9H,1-2H3;6H,2-5H2,1H3;1-2H2;2*1H2/t11-;;;;;/m0...../s1. The minimum absolute atomic E-state index is 0.108. The van der Waals surface area contributed by atoms with Gasteiger partial charge in [0.2, 0.25) is 0 Å². The van der Waals surface area contributed by atoms with Crippen molar-refractivity contribution in [3.05, 3.63) is 78.9 Å². The SMILES string of the molecule is C=C.C=O.C=O.CN1CCNCC1.CNc1ccccc1C.O[C@H]1CCN(Cc2ccccc2)C1. The van der Waals surface area contributed by atoms with Crippen LogP contribution in [0.3, 0.4) is 0 Å². The summed E-state index contributed by atoms with van der Waals surface area (Å²) < 4.78 is 0. The number of anilines is 1. The van der Waals surface area contributed by atoms with E-state index in [2.05, 4.69) is 84.0 Å². The molecule has 0 unspecified atom stereocenters. The maximum absolute atomic E-state index is 9.34. The summed E-state index contributed by atoms with van der Waals surface area (Å²) in [6.45, 7) is 19.7. The molecule has 0 aliphatic carbocycles. The lowest BCUT2D eigenvalue weighted by Gasteiger charge is -2.21. The number of piperazine rings is 1. The van der Waals surface area contributed by atoms with Gasteiger partial charge in [0.15, 0.2) is 0 Å². The fourth-order valence-corrected chi connectivity index (χ4v) is 3.43. The van der Waals surface area contributed by atoms with E-state index in [0.717, 1.165) is 39.1 Å². The van der Waals surface area contributed by atoms with E-state index >= 15 is 0 Å². The predicted octanol–water partition coefficient (Wildman–Crippen LogP) is 3.24. The van der Waals surface area contributed by atoms with Crippen molar-refractivity contribution in [3.8, 4) is 0 Å². The Morgan fingerprint density at radius 2 is 1.49 bits per heavy atom. The van der Waals surface area contributed by atoms with Crippen molar-refractivity contribution < 1.29 is 14.7 Å². The Hall–Kier alpha value is -2.84. The third kappa shape index (κ3) is 17.3. The molecule has 3 N–H and O–H groups in total. The number of nitrogens with one attached hydrogen (secondary N) is 2. The lowest BCUT2D eigenvalue weighted by molar-refractivity contribution is -0.0987. The molecule has 2 aromatic carbocycles. The van der Waals surface area contributed by atoms with Crippen LogP contribution in [0.4, 0.5) is 5.69 Å². The van der Waals surface area contributed by atoms with Crippen molar-refractivity contribution in [1.29, 1.82) is 0 Å². The number of likely N-dealkylation sites (N-methyl/N-ethyl adjacent to an activating group) is 1. The van der Waals surface area contributed by atoms with E-state index in [0.29, 0.717) is 0 Å². The van der Waals surface area contributed by atoms with Gasteiger partial charge in [-0.3, -0.25) is 4.90 Å². The first-order valence-corrected chi connectivity index (χ1v) is 11.7. The number of nitrogens with zero attached hydrogens (tertiary/aromatic N) is 2. The van der Waals surface area contributed by atoms with Crippen molar-refractivity contribution in [2.45, 2.75) is 26.0 Å². The van der Waals surface area contributed by atoms with Crippen LogP contribution in [0.2, 0.25) is 0 Å². The first kappa shape index (κ1) is 34.3. The lowest BCUT2D eigenvalue weighted by Crippen LogP contribution is -2.40. The molecular weight excluding hydrogens is 440 g/mol. The van der Waals surface area contributed by atoms with Crippen LogP contribution in [0, 0.1) is 6.92 Å². The number of aliphatic hydroxyl groups excluding tert-OH is 1. The molecule has 196 valence electrons. The number of benzene rings is 2. The maximum atomic E-state index is 9.34. The fourth-order valence-electron chi connectivity index (χ4n) is 3.43. The van der Waals surface area contributed by atoms with Gasteiger partial charge in [-0.25, -0.2) is 0 Å². The lowest BCUT2D eigenvalue weighted by atomic mass is 10.2. The average Bonchev–Trinajstić information content (AvgIpc) is 3.34. The Labute approximate surface area is 212 Å². The molecule has 7 heteroatoms. The molecule has 2 saturated heterocycles. The Morgan fingerprint density at radius 3 is 1.89 bits per heavy atom. The number of rotatable bonds is 3. The first-order chi connectivity index (χ1) is 17.1. The van der Waals surface area contributed by atoms with Gasteiger partial charge in [-0.05, 0) is 37.6 Å². The summed E-state index contributed by atoms with van der Waals surface area (Å²) >= 11 is 0. The molecule has 1 atom stereocenters. The second-order valence-electron chi connectivity index (χ2n) is 7.78. The van der Waals surface area contributed by atoms with Crippen LogP contribution in [0.15, 0.2) is 67.8 Å². The zero-order valence-corrected chi connectivity index (χ0v) is 21.9. The fraction of sp³-hybridized carbons (Fsp3) is 0.429. The van der Waals surface area contributed by atoms with E-state index in [9.17, 15) is 5.11 Å². The normalized spacial score (nSPS) is 16.5. The number of hydrogen-bond acceptors (Lipinski definition) is 7. The molecule has 35 heavy (non-hydrogen) atoms. The van der Waals surface area contributed by atoms with Gasteiger partial charge >= 0.3 is 0 Å². The predicted molar refractivity (Wildman–Crippen MR) is 149 cm³/mol. The monoisotopic (exact) mass is 486 g/mol. The number of hydrogen-bond donors (Lipinski definition) is 3. The third-order valence-corrected chi connectivity index (χ3v) is 5.25. The van der Waals surface area contributed by atoms with Crippen LogP contribution in [0.1, 0.15) is 17.5 Å². The molecule has 2 fully saturated rings. The van der Waals surface area contributed by atoms with Gasteiger partial charge in [-0.2, -0.15) is 0 Å². The smallest absolute Gasteiger partial charge is 0.106 e. The molecule has 4 rings (SSSR count). The Kier molecular flexibility index (Phi) is 23.8. The highest BCUT2D eigenvalue weighted by molar-refractivity contribution is 5.49. The van der Waals surface area contributed by atoms with Crippen LogP contribution >= 0.6 is 0 Å². The highest BCUT2D eigenvalue weighted by Crippen LogP contribution is 2.13. The van der Waals surface area contributed by atoms with Gasteiger partial charge in [0, 0.05) is 58.5 Å². The number of carbonyl (C=O) groups is 2. The summed E-state index contributed by atoms with van der Waals surface area (Å²) in [5, 5.41) is 15.7. The van der Waals surface area contributed by atoms with Crippen LogP contribution in [-0.4, -0.2) is 88.0 Å². The van der Waals surface area contributed by atoms with Gasteiger partial charge in [-0.15, -0.1) is 13.2 Å². The van der Waals surface area contributed by atoms with Crippen LogP contribution in [0.5, 0.6) is 0 Å². The number of para-hydroxylation sites is 1. The molecule has 0 amide bonds. The van der Waals surface area contributed by atoms with Crippen molar-refractivity contribution in [2.75, 3.05) is 58.7 Å². The Balaban J connectivity index is 0. The molecule has 2 aliphatic rings. The Morgan fingerprint density at radius 1 is 0.943 bits per heavy atom. The second kappa shape index (κ2) is 24.3. The number of likely N-dealkylation sites (tertiary alicyclic amines) is 1. The summed E-state index contributed by atoms with van der Waals surface area (Å²) in [5.41, 5.74) is 3.83. The van der Waals surface area contributed by atoms with Gasteiger partial charge in [0.1, 0.15) is 13.6 Å². The minimum atomic E-state index is -0.108. The highest BCUT2D eigenvalue weighted by atomic mass is 16.3. The van der Waals surface area contributed by atoms with E-state index < -0.39 is 0 Å². The van der Waals surface area contributed by atoms with Crippen LogP contribution < -0.4 is 10.6 Å². The van der Waals surface area contributed by atoms with Crippen molar-refractivity contribution >= 4 is 19.3 Å². The zero-order chi connectivity index (χ0) is 26.9. The quantitative estimate of drug-likeness (QED) is 0.575. The van der Waals surface area contributed by atoms with E-state index in [1.165, 1.54) is 29.9 Å². The number of carbonyl (C=O) groups excluding carboxylic acids is 2. The molecule has 0 spiro atoms. The molecule has 0 saturated carbocycles. The minimum Gasteiger partial charge on any atom is -0.392 e. The summed E-state index contributed by atoms with van der Waals surface area (Å²) in [4.78, 5) is 20.6. The molecule has 0 radical (unpaired) electrons. The average molecular weight is 487 g/mol. The van der Waals surface area contributed by atoms with Crippen molar-refractivity contribution in [1.82, 2.24) is 15.1 Å². The van der Waals surface area contributed by atoms with E-state index in [4.69, 9.17) is 9.59 Å². The number of aliphatic hydroxyl groups is 1.